The molecule has 2 rings (SSSR count). The first-order valence-electron chi connectivity index (χ1n) is 12.2. The van der Waals surface area contributed by atoms with Gasteiger partial charge in [0.1, 0.15) is 17.1 Å². The maximum Gasteiger partial charge on any atom is 0.344 e. The number of carbonyl (C=O) groups excluding carboxylic acids is 3. The molecule has 1 unspecified atom stereocenters. The fourth-order valence-electron chi connectivity index (χ4n) is 3.75. The molecule has 0 aliphatic heterocycles. The summed E-state index contributed by atoms with van der Waals surface area (Å²) in [5.74, 6) is -0.404. The summed E-state index contributed by atoms with van der Waals surface area (Å²) in [6.45, 7) is 5.86. The van der Waals surface area contributed by atoms with Crippen LogP contribution in [0.4, 0.5) is 0 Å². The van der Waals surface area contributed by atoms with Crippen LogP contribution in [0.1, 0.15) is 98.2 Å². The average Bonchev–Trinajstić information content (AvgIpc) is 2.82. The fourth-order valence-corrected chi connectivity index (χ4v) is 3.75. The zero-order chi connectivity index (χ0) is 25.8. The third-order valence-electron chi connectivity index (χ3n) is 5.73. The Labute approximate surface area is 207 Å². The van der Waals surface area contributed by atoms with Crippen LogP contribution in [-0.2, 0) is 9.53 Å². The van der Waals surface area contributed by atoms with Crippen molar-refractivity contribution in [3.8, 4) is 11.5 Å². The molecule has 0 heterocycles. The molecule has 0 saturated heterocycles. The van der Waals surface area contributed by atoms with E-state index in [4.69, 9.17) is 9.47 Å². The third-order valence-corrected chi connectivity index (χ3v) is 5.73. The van der Waals surface area contributed by atoms with E-state index in [1.807, 2.05) is 0 Å². The van der Waals surface area contributed by atoms with Crippen molar-refractivity contribution in [1.29, 1.82) is 0 Å². The smallest absolute Gasteiger partial charge is 0.344 e. The molecule has 0 fully saturated rings. The van der Waals surface area contributed by atoms with Crippen LogP contribution in [0, 0.1) is 5.92 Å². The van der Waals surface area contributed by atoms with Crippen molar-refractivity contribution in [2.24, 2.45) is 5.92 Å². The molecule has 2 aromatic rings. The first-order chi connectivity index (χ1) is 16.7. The van der Waals surface area contributed by atoms with E-state index in [1.54, 1.807) is 30.3 Å². The molecule has 2 aromatic carbocycles. The Balaban J connectivity index is 2.09. The summed E-state index contributed by atoms with van der Waals surface area (Å²) < 4.78 is 10.9. The molecule has 0 bridgehead atoms. The van der Waals surface area contributed by atoms with Crippen LogP contribution in [-0.4, -0.2) is 29.9 Å². The molecule has 7 heteroatoms. The molecule has 0 spiro atoms. The number of benzene rings is 2. The van der Waals surface area contributed by atoms with Crippen molar-refractivity contribution >= 4 is 17.7 Å². The van der Waals surface area contributed by atoms with E-state index in [2.05, 4.69) is 19.2 Å². The summed E-state index contributed by atoms with van der Waals surface area (Å²) >= 11 is 0. The summed E-state index contributed by atoms with van der Waals surface area (Å²) in [5, 5.41) is 12.8. The van der Waals surface area contributed by atoms with Crippen molar-refractivity contribution in [3.63, 3.8) is 0 Å². The predicted octanol–water partition coefficient (Wildman–Crippen LogP) is 5.96. The van der Waals surface area contributed by atoms with Crippen molar-refractivity contribution in [2.75, 3.05) is 7.11 Å². The van der Waals surface area contributed by atoms with Gasteiger partial charge in [0.2, 0.25) is 12.1 Å². The van der Waals surface area contributed by atoms with Crippen LogP contribution in [0.2, 0.25) is 0 Å². The van der Waals surface area contributed by atoms with Crippen LogP contribution < -0.4 is 10.1 Å². The first-order valence-corrected chi connectivity index (χ1v) is 12.2. The third kappa shape index (κ3) is 9.08. The molecule has 1 amide bonds. The van der Waals surface area contributed by atoms with E-state index in [1.165, 1.54) is 39.0 Å². The van der Waals surface area contributed by atoms with E-state index in [0.717, 1.165) is 25.7 Å². The molecule has 2 N–H and O–H groups in total. The predicted molar refractivity (Wildman–Crippen MR) is 135 cm³/mol. The highest BCUT2D eigenvalue weighted by Gasteiger charge is 2.23. The average molecular weight is 484 g/mol. The number of esters is 1. The number of carbonyl (C=O) groups is 3. The van der Waals surface area contributed by atoms with Gasteiger partial charge >= 0.3 is 5.97 Å². The largest absolute Gasteiger partial charge is 0.507 e. The molecule has 0 saturated carbocycles. The van der Waals surface area contributed by atoms with Gasteiger partial charge in [-0.15, -0.1) is 0 Å². The number of hydrogen-bond donors (Lipinski definition) is 2. The van der Waals surface area contributed by atoms with E-state index < -0.39 is 12.2 Å². The Bertz CT molecular complexity index is 1000. The van der Waals surface area contributed by atoms with E-state index in [9.17, 15) is 19.5 Å². The molecular formula is C28H37NO6. The van der Waals surface area contributed by atoms with Gasteiger partial charge in [0, 0.05) is 12.0 Å². The number of phenols is 1. The number of phenolic OH excluding ortho intramolecular Hbond substituents is 1. The van der Waals surface area contributed by atoms with E-state index in [0.29, 0.717) is 29.2 Å². The molecular weight excluding hydrogens is 446 g/mol. The summed E-state index contributed by atoms with van der Waals surface area (Å²) in [4.78, 5) is 37.3. The number of Topliss-reactive ketones (excluding diaryl/α,β-unsaturated/α-hetero) is 1. The second kappa shape index (κ2) is 14.1. The molecule has 0 aliphatic rings. The number of aromatic hydroxyl groups is 1. The maximum atomic E-state index is 12.8. The quantitative estimate of drug-likeness (QED) is 0.149. The zero-order valence-electron chi connectivity index (χ0n) is 21.1. The molecule has 0 aliphatic carbocycles. The number of ketones is 1. The second-order valence-corrected chi connectivity index (χ2v) is 9.09. The molecule has 0 radical (unpaired) electrons. The molecule has 35 heavy (non-hydrogen) atoms. The number of ether oxygens (including phenoxy) is 2. The lowest BCUT2D eigenvalue weighted by atomic mass is 10.0. The van der Waals surface area contributed by atoms with Gasteiger partial charge in [-0.25, -0.2) is 4.79 Å². The SMILES string of the molecule is COc1cc(C(NC(=O)CCCCCCCC(C)C)OC(=O)c2ccccc2O)ccc1C(C)=O. The Hall–Kier alpha value is -3.35. The van der Waals surface area contributed by atoms with Crippen LogP contribution >= 0.6 is 0 Å². The number of rotatable bonds is 14. The Kier molecular flexibility index (Phi) is 11.3. The van der Waals surface area contributed by atoms with Crippen molar-refractivity contribution in [2.45, 2.75) is 71.9 Å². The Morgan fingerprint density at radius 3 is 2.29 bits per heavy atom. The topological polar surface area (TPSA) is 102 Å². The summed E-state index contributed by atoms with van der Waals surface area (Å²) in [6, 6.07) is 10.8. The van der Waals surface area contributed by atoms with Gasteiger partial charge in [0.05, 0.1) is 12.7 Å². The second-order valence-electron chi connectivity index (χ2n) is 9.09. The highest BCUT2D eigenvalue weighted by molar-refractivity contribution is 5.97. The molecule has 1 atom stereocenters. The monoisotopic (exact) mass is 483 g/mol. The summed E-state index contributed by atoms with van der Waals surface area (Å²) in [6.07, 6.45) is 5.53. The minimum Gasteiger partial charge on any atom is -0.507 e. The van der Waals surface area contributed by atoms with Gasteiger partial charge in [-0.1, -0.05) is 64.2 Å². The molecule has 0 aromatic heterocycles. The Morgan fingerprint density at radius 1 is 0.943 bits per heavy atom. The van der Waals surface area contributed by atoms with Gasteiger partial charge in [-0.3, -0.25) is 9.59 Å². The minimum absolute atomic E-state index is 0.0135. The number of unbranched alkanes of at least 4 members (excludes halogenated alkanes) is 4. The molecule has 7 nitrogen and oxygen atoms in total. The van der Waals surface area contributed by atoms with Crippen molar-refractivity contribution in [1.82, 2.24) is 5.32 Å². The van der Waals surface area contributed by atoms with Gasteiger partial charge in [-0.05, 0) is 43.5 Å². The highest BCUT2D eigenvalue weighted by Crippen LogP contribution is 2.27. The summed E-state index contributed by atoms with van der Waals surface area (Å²) in [5.41, 5.74) is 0.809. The lowest BCUT2D eigenvalue weighted by molar-refractivity contribution is -0.124. The van der Waals surface area contributed by atoms with Crippen LogP contribution in [0.5, 0.6) is 11.5 Å². The van der Waals surface area contributed by atoms with E-state index in [-0.39, 0.29) is 23.0 Å². The highest BCUT2D eigenvalue weighted by atomic mass is 16.6. The van der Waals surface area contributed by atoms with Crippen LogP contribution in [0.3, 0.4) is 0 Å². The fraction of sp³-hybridized carbons (Fsp3) is 0.464. The lowest BCUT2D eigenvalue weighted by Crippen LogP contribution is -2.32. The number of nitrogens with one attached hydrogen (secondary N) is 1. The van der Waals surface area contributed by atoms with Crippen molar-refractivity contribution in [3.05, 3.63) is 59.2 Å². The van der Waals surface area contributed by atoms with Gasteiger partial charge < -0.3 is 19.9 Å². The lowest BCUT2D eigenvalue weighted by Gasteiger charge is -2.21. The zero-order valence-corrected chi connectivity index (χ0v) is 21.1. The van der Waals surface area contributed by atoms with Gasteiger partial charge in [0.25, 0.3) is 0 Å². The Morgan fingerprint density at radius 2 is 1.63 bits per heavy atom. The minimum atomic E-state index is -1.12. The van der Waals surface area contributed by atoms with Crippen LogP contribution in [0.15, 0.2) is 42.5 Å². The summed E-state index contributed by atoms with van der Waals surface area (Å²) in [7, 11) is 1.44. The standard InChI is InChI=1S/C28H37NO6/c1-19(2)12-8-6-5-7-9-15-26(32)29-27(35-28(33)23-13-10-11-14-24(23)31)21-16-17-22(20(3)30)25(18-21)34-4/h10-11,13-14,16-19,27,31H,5-9,12,15H2,1-4H3,(H,29,32). The van der Waals surface area contributed by atoms with Gasteiger partial charge in [0.15, 0.2) is 5.78 Å². The van der Waals surface area contributed by atoms with Gasteiger partial charge in [-0.2, -0.15) is 0 Å². The van der Waals surface area contributed by atoms with E-state index >= 15 is 0 Å². The number of methoxy groups -OCH3 is 1. The maximum absolute atomic E-state index is 12.8. The normalized spacial score (nSPS) is 11.7. The van der Waals surface area contributed by atoms with Crippen molar-refractivity contribution < 1.29 is 29.0 Å². The first kappa shape index (κ1) is 27.9. The number of hydrogen-bond acceptors (Lipinski definition) is 6. The number of amides is 1. The number of para-hydroxylation sites is 1. The van der Waals surface area contributed by atoms with Crippen LogP contribution in [0.25, 0.3) is 0 Å². The molecule has 190 valence electrons.